The Morgan fingerprint density at radius 3 is 2.68 bits per heavy atom. The molecule has 118 valence electrons. The number of carbonyl (C=O) groups excluding carboxylic acids is 1. The quantitative estimate of drug-likeness (QED) is 0.847. The van der Waals surface area contributed by atoms with Crippen molar-refractivity contribution in [2.75, 3.05) is 0 Å². The average molecular weight is 299 g/mol. The van der Waals surface area contributed by atoms with Crippen molar-refractivity contribution in [2.45, 2.75) is 77.7 Å². The van der Waals surface area contributed by atoms with Crippen LogP contribution in [0.25, 0.3) is 0 Å². The molecule has 1 heterocycles. The summed E-state index contributed by atoms with van der Waals surface area (Å²) < 4.78 is 1.99. The van der Waals surface area contributed by atoms with Crippen molar-refractivity contribution in [3.8, 4) is 6.07 Å². The first-order valence-electron chi connectivity index (χ1n) is 8.51. The molecule has 1 fully saturated rings. The minimum atomic E-state index is 0.00231. The summed E-state index contributed by atoms with van der Waals surface area (Å²) in [4.78, 5) is 12.7. The lowest BCUT2D eigenvalue weighted by atomic mass is 9.74. The third kappa shape index (κ3) is 2.82. The van der Waals surface area contributed by atoms with E-state index in [1.807, 2.05) is 4.68 Å². The molecule has 22 heavy (non-hydrogen) atoms. The van der Waals surface area contributed by atoms with Gasteiger partial charge in [0.2, 0.25) is 0 Å². The van der Waals surface area contributed by atoms with E-state index in [9.17, 15) is 4.79 Å². The van der Waals surface area contributed by atoms with E-state index in [0.717, 1.165) is 36.2 Å². The van der Waals surface area contributed by atoms with Crippen molar-refractivity contribution in [1.82, 2.24) is 9.78 Å². The summed E-state index contributed by atoms with van der Waals surface area (Å²) in [5, 5.41) is 13.7. The molecular formula is C18H25N3O. The Balaban J connectivity index is 2.03. The van der Waals surface area contributed by atoms with E-state index in [-0.39, 0.29) is 11.2 Å². The van der Waals surface area contributed by atoms with Gasteiger partial charge in [0.1, 0.15) is 0 Å². The molecule has 2 aliphatic carbocycles. The lowest BCUT2D eigenvalue weighted by molar-refractivity contribution is 0.0910. The molecule has 0 radical (unpaired) electrons. The molecule has 3 rings (SSSR count). The van der Waals surface area contributed by atoms with E-state index in [4.69, 9.17) is 10.4 Å². The largest absolute Gasteiger partial charge is 0.294 e. The molecule has 4 heteroatoms. The Labute approximate surface area is 132 Å². The van der Waals surface area contributed by atoms with Crippen molar-refractivity contribution < 1.29 is 4.79 Å². The first-order chi connectivity index (χ1) is 10.5. The van der Waals surface area contributed by atoms with E-state index in [1.54, 1.807) is 0 Å². The molecule has 4 nitrogen and oxygen atoms in total. The molecule has 0 N–H and O–H groups in total. The zero-order valence-electron chi connectivity index (χ0n) is 13.7. The highest BCUT2D eigenvalue weighted by Gasteiger charge is 2.37. The number of hydrogen-bond acceptors (Lipinski definition) is 3. The van der Waals surface area contributed by atoms with Crippen molar-refractivity contribution >= 4 is 5.78 Å². The van der Waals surface area contributed by atoms with Gasteiger partial charge < -0.3 is 0 Å². The number of nitriles is 1. The molecule has 0 aliphatic heterocycles. The molecule has 0 aromatic carbocycles. The summed E-state index contributed by atoms with van der Waals surface area (Å²) >= 11 is 0. The lowest BCUT2D eigenvalue weighted by Gasteiger charge is -2.29. The topological polar surface area (TPSA) is 58.7 Å². The van der Waals surface area contributed by atoms with Crippen molar-refractivity contribution in [2.24, 2.45) is 5.41 Å². The first kappa shape index (κ1) is 15.3. The Kier molecular flexibility index (Phi) is 4.08. The minimum absolute atomic E-state index is 0.00231. The van der Waals surface area contributed by atoms with Gasteiger partial charge in [0.25, 0.3) is 0 Å². The van der Waals surface area contributed by atoms with Crippen LogP contribution in [0, 0.1) is 16.7 Å². The first-order valence-corrected chi connectivity index (χ1v) is 8.51. The second kappa shape index (κ2) is 5.87. The third-order valence-electron chi connectivity index (χ3n) is 5.06. The third-order valence-corrected chi connectivity index (χ3v) is 5.06. The van der Waals surface area contributed by atoms with Crippen LogP contribution in [0.5, 0.6) is 0 Å². The Bertz CT molecular complexity index is 615. The summed E-state index contributed by atoms with van der Waals surface area (Å²) in [5.41, 5.74) is 3.02. The number of ketones is 1. The molecule has 0 spiro atoms. The standard InChI is InChI=1S/C18H25N3O/c1-18(2)11-14-16(15(22)12-18)17(13-7-4-3-5-8-13)21(20-14)10-6-9-19/h13H,3-8,10-12H2,1-2H3. The van der Waals surface area contributed by atoms with Crippen LogP contribution in [0.15, 0.2) is 0 Å². The number of Topliss-reactive ketones (excluding diaryl/α,β-unsaturated/α-hetero) is 1. The van der Waals surface area contributed by atoms with Crippen molar-refractivity contribution in [1.29, 1.82) is 5.26 Å². The number of aryl methyl sites for hydroxylation is 1. The molecule has 0 bridgehead atoms. The van der Waals surface area contributed by atoms with Crippen LogP contribution in [0.4, 0.5) is 0 Å². The summed E-state index contributed by atoms with van der Waals surface area (Å²) in [6.07, 6.45) is 8.02. The van der Waals surface area contributed by atoms with Gasteiger partial charge in [-0.2, -0.15) is 10.4 Å². The highest BCUT2D eigenvalue weighted by atomic mass is 16.1. The van der Waals surface area contributed by atoms with Gasteiger partial charge in [-0.05, 0) is 24.7 Å². The van der Waals surface area contributed by atoms with Crippen LogP contribution < -0.4 is 0 Å². The molecule has 0 saturated heterocycles. The van der Waals surface area contributed by atoms with Crippen LogP contribution in [-0.2, 0) is 13.0 Å². The highest BCUT2D eigenvalue weighted by molar-refractivity contribution is 6.00. The fourth-order valence-electron chi connectivity index (χ4n) is 4.11. The lowest BCUT2D eigenvalue weighted by Crippen LogP contribution is -2.27. The molecule has 1 aromatic heterocycles. The summed E-state index contributed by atoms with van der Waals surface area (Å²) in [7, 11) is 0. The molecule has 0 amide bonds. The molecular weight excluding hydrogens is 274 g/mol. The van der Waals surface area contributed by atoms with E-state index < -0.39 is 0 Å². The molecule has 1 saturated carbocycles. The van der Waals surface area contributed by atoms with Crippen molar-refractivity contribution in [3.63, 3.8) is 0 Å². The molecule has 0 atom stereocenters. The van der Waals surface area contributed by atoms with Crippen LogP contribution >= 0.6 is 0 Å². The Morgan fingerprint density at radius 2 is 2.00 bits per heavy atom. The maximum Gasteiger partial charge on any atom is 0.167 e. The zero-order valence-corrected chi connectivity index (χ0v) is 13.7. The predicted octanol–water partition coefficient (Wildman–Crippen LogP) is 4.00. The minimum Gasteiger partial charge on any atom is -0.294 e. The normalized spacial score (nSPS) is 21.4. The van der Waals surface area contributed by atoms with Crippen LogP contribution in [0.3, 0.4) is 0 Å². The Morgan fingerprint density at radius 1 is 1.27 bits per heavy atom. The van der Waals surface area contributed by atoms with E-state index in [0.29, 0.717) is 25.3 Å². The molecule has 2 aliphatic rings. The summed E-state index contributed by atoms with van der Waals surface area (Å²) in [6.45, 7) is 4.90. The van der Waals surface area contributed by atoms with Crippen LogP contribution in [0.2, 0.25) is 0 Å². The second-order valence-electron chi connectivity index (χ2n) is 7.61. The van der Waals surface area contributed by atoms with Gasteiger partial charge in [-0.3, -0.25) is 9.48 Å². The second-order valence-corrected chi connectivity index (χ2v) is 7.61. The van der Waals surface area contributed by atoms with Gasteiger partial charge >= 0.3 is 0 Å². The predicted molar refractivity (Wildman–Crippen MR) is 84.7 cm³/mol. The number of rotatable bonds is 3. The van der Waals surface area contributed by atoms with Gasteiger partial charge in [-0.15, -0.1) is 0 Å². The number of hydrogen-bond donors (Lipinski definition) is 0. The van der Waals surface area contributed by atoms with Crippen molar-refractivity contribution in [3.05, 3.63) is 17.0 Å². The summed E-state index contributed by atoms with van der Waals surface area (Å²) in [6, 6.07) is 2.21. The van der Waals surface area contributed by atoms with Gasteiger partial charge in [0, 0.05) is 12.3 Å². The zero-order chi connectivity index (χ0) is 15.7. The van der Waals surface area contributed by atoms with Gasteiger partial charge in [0.15, 0.2) is 5.78 Å². The smallest absolute Gasteiger partial charge is 0.167 e. The van der Waals surface area contributed by atoms with E-state index in [1.165, 1.54) is 19.3 Å². The van der Waals surface area contributed by atoms with Gasteiger partial charge in [0.05, 0.1) is 36.0 Å². The van der Waals surface area contributed by atoms with Crippen LogP contribution in [0.1, 0.15) is 86.5 Å². The average Bonchev–Trinajstić information content (AvgIpc) is 2.83. The fraction of sp³-hybridized carbons (Fsp3) is 0.722. The molecule has 1 aromatic rings. The van der Waals surface area contributed by atoms with E-state index in [2.05, 4.69) is 19.9 Å². The maximum absolute atomic E-state index is 12.7. The number of aromatic nitrogens is 2. The number of carbonyl (C=O) groups is 1. The Hall–Kier alpha value is -1.63. The van der Waals surface area contributed by atoms with Crippen LogP contribution in [-0.4, -0.2) is 15.6 Å². The fourth-order valence-corrected chi connectivity index (χ4v) is 4.11. The van der Waals surface area contributed by atoms with E-state index >= 15 is 0 Å². The molecule has 0 unspecified atom stereocenters. The number of nitrogens with zero attached hydrogens (tertiary/aromatic N) is 3. The highest BCUT2D eigenvalue weighted by Crippen LogP contribution is 2.41. The van der Waals surface area contributed by atoms with Gasteiger partial charge in [-0.1, -0.05) is 33.1 Å². The monoisotopic (exact) mass is 299 g/mol. The maximum atomic E-state index is 12.7. The summed E-state index contributed by atoms with van der Waals surface area (Å²) in [5.74, 6) is 0.712. The number of fused-ring (bicyclic) bond motifs is 1. The van der Waals surface area contributed by atoms with Gasteiger partial charge in [-0.25, -0.2) is 0 Å². The SMILES string of the molecule is CC1(C)CC(=O)c2c(nn(CCC#N)c2C2CCCCC2)C1.